The number of hydrogen-bond acceptors (Lipinski definition) is 10. The first-order valence-corrected chi connectivity index (χ1v) is 21.8. The minimum atomic E-state index is -4.60. The smallest absolute Gasteiger partial charge is 0.366 e. The first-order valence-electron chi connectivity index (χ1n) is 21.5. The van der Waals surface area contributed by atoms with Crippen molar-refractivity contribution in [2.45, 2.75) is 77.6 Å². The van der Waals surface area contributed by atoms with Crippen molar-refractivity contribution in [2.24, 2.45) is 11.8 Å². The molecule has 0 radical (unpaired) electrons. The molecule has 9 rings (SSSR count). The van der Waals surface area contributed by atoms with Crippen LogP contribution < -0.4 is 21.8 Å². The Bertz CT molecular complexity index is 3220. The van der Waals surface area contributed by atoms with E-state index in [-0.39, 0.29) is 81.7 Å². The number of anilines is 2. The van der Waals surface area contributed by atoms with E-state index in [1.807, 2.05) is 13.8 Å². The molecule has 1 fully saturated rings. The second kappa shape index (κ2) is 17.9. The fourth-order valence-electron chi connectivity index (χ4n) is 8.45. The van der Waals surface area contributed by atoms with E-state index in [2.05, 4.69) is 50.5 Å². The first-order chi connectivity index (χ1) is 32.1. The van der Waals surface area contributed by atoms with Gasteiger partial charge in [0.2, 0.25) is 5.28 Å². The van der Waals surface area contributed by atoms with Crippen LogP contribution in [0.25, 0.3) is 45.1 Å². The van der Waals surface area contributed by atoms with Gasteiger partial charge in [0.1, 0.15) is 29.6 Å². The standard InChI is InChI=1S/C46H41ClF6N12O2/c1-3-14-64-42(66)37-41(63-44(64)47)62-39(60-37)28-11-13-35(57-22-28)55-20-25-8-9-26(32(16-25)46(51,52)53)17-29-18-31(29)33(4-2)65-23-58-40-36(43(65)67)59-38(61-40)27-10-12-34(56-21-27)54-19-24-6-5-7-30(15-24)45(48,49)50/h5-13,15-16,21-23,29,31,33H,3-4,14,17-20H2,1-2H3,(H,54,56)(H,55,57)(H,59,61)(H,60,62). The van der Waals surface area contributed by atoms with E-state index in [4.69, 9.17) is 11.6 Å². The third-order valence-corrected chi connectivity index (χ3v) is 12.2. The lowest BCUT2D eigenvalue weighted by molar-refractivity contribution is -0.138. The van der Waals surface area contributed by atoms with Gasteiger partial charge in [-0.2, -0.15) is 31.3 Å². The van der Waals surface area contributed by atoms with Crippen molar-refractivity contribution in [3.05, 3.63) is 139 Å². The van der Waals surface area contributed by atoms with Gasteiger partial charge >= 0.3 is 12.4 Å². The van der Waals surface area contributed by atoms with Gasteiger partial charge in [-0.15, -0.1) is 0 Å². The second-order valence-electron chi connectivity index (χ2n) is 16.5. The minimum Gasteiger partial charge on any atom is -0.366 e. The summed E-state index contributed by atoms with van der Waals surface area (Å²) in [4.78, 5) is 59.1. The fourth-order valence-corrected chi connectivity index (χ4v) is 8.69. The van der Waals surface area contributed by atoms with E-state index >= 15 is 0 Å². The van der Waals surface area contributed by atoms with Gasteiger partial charge < -0.3 is 20.6 Å². The number of halogens is 7. The van der Waals surface area contributed by atoms with Gasteiger partial charge in [-0.1, -0.05) is 38.1 Å². The third kappa shape index (κ3) is 9.47. The number of H-pyrrole nitrogens is 2. The van der Waals surface area contributed by atoms with Crippen LogP contribution >= 0.6 is 11.6 Å². The Morgan fingerprint density at radius 2 is 1.40 bits per heavy atom. The number of aromatic amines is 2. The van der Waals surface area contributed by atoms with E-state index in [0.29, 0.717) is 71.3 Å². The predicted octanol–water partition coefficient (Wildman–Crippen LogP) is 9.83. The van der Waals surface area contributed by atoms with Crippen LogP contribution in [0.5, 0.6) is 0 Å². The zero-order valence-electron chi connectivity index (χ0n) is 35.8. The van der Waals surface area contributed by atoms with Crippen LogP contribution in [-0.4, -0.2) is 49.0 Å². The molecule has 0 amide bonds. The lowest BCUT2D eigenvalue weighted by Crippen LogP contribution is -2.27. The van der Waals surface area contributed by atoms with Crippen molar-refractivity contribution < 1.29 is 26.3 Å². The molecule has 1 aliphatic carbocycles. The maximum atomic E-state index is 14.6. The van der Waals surface area contributed by atoms with E-state index in [1.165, 1.54) is 40.0 Å². The molecular weight excluding hydrogens is 902 g/mol. The minimum absolute atomic E-state index is 0.0441. The number of fused-ring (bicyclic) bond motifs is 2. The van der Waals surface area contributed by atoms with Crippen LogP contribution in [0.15, 0.2) is 95.0 Å². The molecule has 0 bridgehead atoms. The molecule has 1 saturated carbocycles. The van der Waals surface area contributed by atoms with E-state index in [0.717, 1.165) is 18.2 Å². The number of imidazole rings is 2. The van der Waals surface area contributed by atoms with Gasteiger partial charge in [-0.3, -0.25) is 18.7 Å². The highest BCUT2D eigenvalue weighted by Gasteiger charge is 2.45. The highest BCUT2D eigenvalue weighted by Crippen LogP contribution is 2.50. The molecule has 0 aliphatic heterocycles. The van der Waals surface area contributed by atoms with E-state index < -0.39 is 23.5 Å². The predicted molar refractivity (Wildman–Crippen MR) is 240 cm³/mol. The molecule has 8 aromatic rings. The molecule has 21 heteroatoms. The average Bonchev–Trinajstić information content (AvgIpc) is 3.68. The number of pyridine rings is 2. The summed E-state index contributed by atoms with van der Waals surface area (Å²) in [7, 11) is 0. The van der Waals surface area contributed by atoms with Crippen molar-refractivity contribution in [3.8, 4) is 22.8 Å². The van der Waals surface area contributed by atoms with E-state index in [9.17, 15) is 35.9 Å². The van der Waals surface area contributed by atoms with Crippen molar-refractivity contribution in [2.75, 3.05) is 10.6 Å². The number of hydrogen-bond donors (Lipinski definition) is 4. The number of nitrogens with zero attached hydrogens (tertiary/aromatic N) is 8. The highest BCUT2D eigenvalue weighted by molar-refractivity contribution is 6.28. The summed E-state index contributed by atoms with van der Waals surface area (Å²) in [6.07, 6.45) is -2.53. The Kier molecular flexibility index (Phi) is 12.1. The zero-order chi connectivity index (χ0) is 47.2. The van der Waals surface area contributed by atoms with Gasteiger partial charge in [0.05, 0.1) is 11.1 Å². The maximum absolute atomic E-state index is 14.6. The molecule has 346 valence electrons. The zero-order valence-corrected chi connectivity index (χ0v) is 36.6. The Hall–Kier alpha value is -7.09. The molecule has 3 unspecified atom stereocenters. The van der Waals surface area contributed by atoms with Crippen molar-refractivity contribution in [3.63, 3.8) is 0 Å². The molecule has 14 nitrogen and oxygen atoms in total. The third-order valence-electron chi connectivity index (χ3n) is 11.9. The Labute approximate surface area is 381 Å². The van der Waals surface area contributed by atoms with Crippen molar-refractivity contribution in [1.82, 2.24) is 49.0 Å². The number of nitrogens with one attached hydrogen (secondary N) is 4. The number of benzene rings is 2. The number of alkyl halides is 6. The van der Waals surface area contributed by atoms with Crippen molar-refractivity contribution in [1.29, 1.82) is 0 Å². The topological polar surface area (TPSA) is 177 Å². The largest absolute Gasteiger partial charge is 0.416 e. The summed E-state index contributed by atoms with van der Waals surface area (Å²) in [6, 6.07) is 15.7. The Balaban J connectivity index is 0.837. The van der Waals surface area contributed by atoms with Gasteiger partial charge in [-0.05, 0) is 108 Å². The van der Waals surface area contributed by atoms with Crippen LogP contribution in [-0.2, 0) is 38.4 Å². The molecule has 6 heterocycles. The lowest BCUT2D eigenvalue weighted by Gasteiger charge is -2.19. The van der Waals surface area contributed by atoms with Gasteiger partial charge in [0.25, 0.3) is 11.1 Å². The summed E-state index contributed by atoms with van der Waals surface area (Å²) in [5, 5.41) is 6.13. The Morgan fingerprint density at radius 1 is 0.761 bits per heavy atom. The number of aromatic nitrogens is 10. The molecule has 0 saturated heterocycles. The van der Waals surface area contributed by atoms with Crippen LogP contribution in [0.1, 0.15) is 67.0 Å². The maximum Gasteiger partial charge on any atom is 0.416 e. The summed E-state index contributed by atoms with van der Waals surface area (Å²) >= 11 is 6.20. The summed E-state index contributed by atoms with van der Waals surface area (Å²) in [5.74, 6) is 1.38. The summed E-state index contributed by atoms with van der Waals surface area (Å²) < 4.78 is 85.9. The lowest BCUT2D eigenvalue weighted by atomic mass is 9.97. The van der Waals surface area contributed by atoms with Crippen LogP contribution in [0.4, 0.5) is 38.0 Å². The second-order valence-corrected chi connectivity index (χ2v) is 16.8. The normalized spacial score (nSPS) is 15.6. The van der Waals surface area contributed by atoms with Crippen LogP contribution in [0.3, 0.4) is 0 Å². The monoisotopic (exact) mass is 942 g/mol. The van der Waals surface area contributed by atoms with Crippen LogP contribution in [0, 0.1) is 11.8 Å². The fraction of sp³-hybridized carbons (Fsp3) is 0.304. The molecule has 3 atom stereocenters. The van der Waals surface area contributed by atoms with Crippen molar-refractivity contribution >= 4 is 45.6 Å². The summed E-state index contributed by atoms with van der Waals surface area (Å²) in [6.45, 7) is 4.43. The van der Waals surface area contributed by atoms with Gasteiger partial charge in [0.15, 0.2) is 22.3 Å². The Morgan fingerprint density at radius 3 is 2.00 bits per heavy atom. The van der Waals surface area contributed by atoms with Crippen LogP contribution in [0.2, 0.25) is 5.28 Å². The highest BCUT2D eigenvalue weighted by atomic mass is 35.5. The van der Waals surface area contributed by atoms with Gasteiger partial charge in [-0.25, -0.2) is 24.9 Å². The molecule has 67 heavy (non-hydrogen) atoms. The first kappa shape index (κ1) is 45.1. The summed E-state index contributed by atoms with van der Waals surface area (Å²) in [5.41, 5.74) is 0.722. The molecule has 6 aromatic heterocycles. The molecule has 0 spiro atoms. The molecule has 4 N–H and O–H groups in total. The van der Waals surface area contributed by atoms with E-state index in [1.54, 1.807) is 36.4 Å². The molecular formula is C46H41ClF6N12O2. The average molecular weight is 943 g/mol. The quantitative estimate of drug-likeness (QED) is 0.0572. The SMILES string of the molecule is CCCn1c(Cl)nc2nc(-c3ccc(NCc4ccc(CC5CC5C(CC)n5cnc6nc(-c7ccc(NCc8cccc(C(F)(F)F)c8)nc7)[nH]c6c5=O)c(C(F)(F)F)c4)nc3)[nH]c2c1=O. The van der Waals surface area contributed by atoms with Gasteiger partial charge in [0, 0.05) is 49.2 Å². The molecule has 1 aliphatic rings. The molecule has 2 aromatic carbocycles. The number of rotatable bonds is 15.